The SMILES string of the molecule is Cc1ccc(C(C)(C)c2ccc(Sc3cnc(-c4nc(C)no4)nc3)cc2)cc1. The summed E-state index contributed by atoms with van der Waals surface area (Å²) in [7, 11) is 0. The average molecular weight is 403 g/mol. The standard InChI is InChI=1S/C23H22N4OS/c1-15-5-7-17(8-6-15)23(3,4)18-9-11-19(12-10-18)29-20-13-24-21(25-14-20)22-26-16(2)27-28-22/h5-14H,1-4H3. The fourth-order valence-electron chi connectivity index (χ4n) is 3.08. The number of benzene rings is 2. The van der Waals surface area contributed by atoms with Crippen molar-refractivity contribution in [3.63, 3.8) is 0 Å². The Kier molecular flexibility index (Phi) is 5.20. The highest BCUT2D eigenvalue weighted by Crippen LogP contribution is 2.34. The van der Waals surface area contributed by atoms with Crippen LogP contribution in [0.2, 0.25) is 0 Å². The van der Waals surface area contributed by atoms with Gasteiger partial charge in [-0.3, -0.25) is 0 Å². The lowest BCUT2D eigenvalue weighted by atomic mass is 9.78. The Bertz CT molecular complexity index is 1100. The monoisotopic (exact) mass is 402 g/mol. The van der Waals surface area contributed by atoms with Crippen molar-refractivity contribution in [2.45, 2.75) is 42.9 Å². The molecule has 2 heterocycles. The van der Waals surface area contributed by atoms with Crippen LogP contribution in [0.25, 0.3) is 11.7 Å². The maximum atomic E-state index is 5.10. The molecule has 0 aliphatic carbocycles. The van der Waals surface area contributed by atoms with Gasteiger partial charge in [0.1, 0.15) is 0 Å². The lowest BCUT2D eigenvalue weighted by Gasteiger charge is -2.26. The summed E-state index contributed by atoms with van der Waals surface area (Å²) >= 11 is 1.62. The highest BCUT2D eigenvalue weighted by Gasteiger charge is 2.22. The van der Waals surface area contributed by atoms with E-state index in [9.17, 15) is 0 Å². The van der Waals surface area contributed by atoms with Crippen molar-refractivity contribution < 1.29 is 4.52 Å². The van der Waals surface area contributed by atoms with Crippen LogP contribution >= 0.6 is 11.8 Å². The molecule has 0 saturated carbocycles. The minimum atomic E-state index is -0.0517. The Hall–Kier alpha value is -2.99. The molecule has 5 nitrogen and oxygen atoms in total. The van der Waals surface area contributed by atoms with E-state index < -0.39 is 0 Å². The van der Waals surface area contributed by atoms with Crippen molar-refractivity contribution in [1.29, 1.82) is 0 Å². The zero-order valence-electron chi connectivity index (χ0n) is 16.9. The van der Waals surface area contributed by atoms with Gasteiger partial charge in [-0.15, -0.1) is 0 Å². The van der Waals surface area contributed by atoms with Crippen molar-refractivity contribution in [1.82, 2.24) is 20.1 Å². The van der Waals surface area contributed by atoms with Crippen molar-refractivity contribution in [3.05, 3.63) is 83.4 Å². The second kappa shape index (κ2) is 7.79. The summed E-state index contributed by atoms with van der Waals surface area (Å²) in [4.78, 5) is 14.9. The molecule has 146 valence electrons. The van der Waals surface area contributed by atoms with Gasteiger partial charge in [-0.25, -0.2) is 9.97 Å². The van der Waals surface area contributed by atoms with Gasteiger partial charge in [-0.1, -0.05) is 72.7 Å². The van der Waals surface area contributed by atoms with E-state index in [1.165, 1.54) is 16.7 Å². The molecule has 0 unspecified atom stereocenters. The van der Waals surface area contributed by atoms with Crippen LogP contribution in [0.5, 0.6) is 0 Å². The molecule has 0 spiro atoms. The second-order valence-corrected chi connectivity index (χ2v) is 8.65. The first kappa shape index (κ1) is 19.3. The topological polar surface area (TPSA) is 64.7 Å². The third-order valence-corrected chi connectivity index (χ3v) is 5.89. The molecule has 0 bridgehead atoms. The number of hydrogen-bond donors (Lipinski definition) is 0. The summed E-state index contributed by atoms with van der Waals surface area (Å²) in [5.41, 5.74) is 3.82. The average Bonchev–Trinajstić information content (AvgIpc) is 3.16. The molecule has 0 atom stereocenters. The van der Waals surface area contributed by atoms with E-state index in [2.05, 4.69) is 89.4 Å². The Morgan fingerprint density at radius 2 is 1.38 bits per heavy atom. The van der Waals surface area contributed by atoms with Crippen LogP contribution in [-0.4, -0.2) is 20.1 Å². The summed E-state index contributed by atoms with van der Waals surface area (Å²) in [5.74, 6) is 1.34. The Balaban J connectivity index is 1.48. The van der Waals surface area contributed by atoms with Gasteiger partial charge >= 0.3 is 0 Å². The third-order valence-electron chi connectivity index (χ3n) is 4.93. The van der Waals surface area contributed by atoms with Gasteiger partial charge in [0, 0.05) is 27.6 Å². The lowest BCUT2D eigenvalue weighted by Crippen LogP contribution is -2.18. The Labute approximate surface area is 174 Å². The molecule has 0 aliphatic rings. The molecule has 2 aromatic heterocycles. The molecule has 4 aromatic rings. The van der Waals surface area contributed by atoms with Crippen molar-refractivity contribution in [3.8, 4) is 11.7 Å². The third kappa shape index (κ3) is 4.22. The van der Waals surface area contributed by atoms with Crippen molar-refractivity contribution in [2.75, 3.05) is 0 Å². The van der Waals surface area contributed by atoms with Crippen LogP contribution in [0.3, 0.4) is 0 Å². The maximum Gasteiger partial charge on any atom is 0.295 e. The smallest absolute Gasteiger partial charge is 0.295 e. The molecule has 0 radical (unpaired) electrons. The van der Waals surface area contributed by atoms with Gasteiger partial charge in [-0.05, 0) is 37.1 Å². The predicted octanol–water partition coefficient (Wildman–Crippen LogP) is 5.62. The number of nitrogens with zero attached hydrogens (tertiary/aromatic N) is 4. The molecule has 0 saturated heterocycles. The second-order valence-electron chi connectivity index (χ2n) is 7.51. The number of hydrogen-bond acceptors (Lipinski definition) is 6. The molecule has 29 heavy (non-hydrogen) atoms. The predicted molar refractivity (Wildman–Crippen MR) is 114 cm³/mol. The van der Waals surface area contributed by atoms with Crippen LogP contribution in [0, 0.1) is 13.8 Å². The van der Waals surface area contributed by atoms with E-state index in [4.69, 9.17) is 4.52 Å². The first-order valence-corrected chi connectivity index (χ1v) is 10.2. The highest BCUT2D eigenvalue weighted by molar-refractivity contribution is 7.99. The van der Waals surface area contributed by atoms with Gasteiger partial charge < -0.3 is 4.52 Å². The fourth-order valence-corrected chi connectivity index (χ4v) is 3.84. The molecule has 0 aliphatic heterocycles. The Morgan fingerprint density at radius 3 is 1.93 bits per heavy atom. The first-order valence-electron chi connectivity index (χ1n) is 9.40. The van der Waals surface area contributed by atoms with E-state index >= 15 is 0 Å². The molecule has 0 N–H and O–H groups in total. The van der Waals surface area contributed by atoms with E-state index in [1.54, 1.807) is 31.1 Å². The number of aryl methyl sites for hydroxylation is 2. The molecule has 6 heteroatoms. The van der Waals surface area contributed by atoms with Crippen LogP contribution in [0.4, 0.5) is 0 Å². The van der Waals surface area contributed by atoms with Crippen LogP contribution < -0.4 is 0 Å². The number of rotatable bonds is 5. The molecule has 4 rings (SSSR count). The highest BCUT2D eigenvalue weighted by atomic mass is 32.2. The Morgan fingerprint density at radius 1 is 0.793 bits per heavy atom. The summed E-state index contributed by atoms with van der Waals surface area (Å²) < 4.78 is 5.10. The van der Waals surface area contributed by atoms with E-state index in [0.717, 1.165) is 9.79 Å². The summed E-state index contributed by atoms with van der Waals surface area (Å²) in [6.45, 7) is 8.39. The summed E-state index contributed by atoms with van der Waals surface area (Å²) in [5, 5.41) is 3.77. The van der Waals surface area contributed by atoms with Crippen LogP contribution in [-0.2, 0) is 5.41 Å². The largest absolute Gasteiger partial charge is 0.330 e. The van der Waals surface area contributed by atoms with E-state index in [0.29, 0.717) is 17.5 Å². The molecule has 0 fully saturated rings. The minimum absolute atomic E-state index is 0.0517. The van der Waals surface area contributed by atoms with Gasteiger partial charge in [0.2, 0.25) is 5.82 Å². The van der Waals surface area contributed by atoms with Crippen molar-refractivity contribution in [2.24, 2.45) is 0 Å². The van der Waals surface area contributed by atoms with E-state index in [-0.39, 0.29) is 5.41 Å². The molecular weight excluding hydrogens is 380 g/mol. The van der Waals surface area contributed by atoms with Gasteiger partial charge in [-0.2, -0.15) is 4.98 Å². The maximum absolute atomic E-state index is 5.10. The van der Waals surface area contributed by atoms with Crippen LogP contribution in [0.15, 0.2) is 75.2 Å². The van der Waals surface area contributed by atoms with Gasteiger partial charge in [0.05, 0.1) is 0 Å². The molecule has 0 amide bonds. The summed E-state index contributed by atoms with van der Waals surface area (Å²) in [6.07, 6.45) is 3.55. The first-order chi connectivity index (χ1) is 13.9. The van der Waals surface area contributed by atoms with E-state index in [1.807, 2.05) is 0 Å². The normalized spacial score (nSPS) is 11.6. The zero-order chi connectivity index (χ0) is 20.4. The van der Waals surface area contributed by atoms with Crippen LogP contribution in [0.1, 0.15) is 36.4 Å². The molecule has 2 aromatic carbocycles. The quantitative estimate of drug-likeness (QED) is 0.432. The zero-order valence-corrected chi connectivity index (χ0v) is 17.7. The minimum Gasteiger partial charge on any atom is -0.330 e. The fraction of sp³-hybridized carbons (Fsp3) is 0.217. The van der Waals surface area contributed by atoms with Gasteiger partial charge in [0.25, 0.3) is 5.89 Å². The van der Waals surface area contributed by atoms with Gasteiger partial charge in [0.15, 0.2) is 5.82 Å². The van der Waals surface area contributed by atoms with Crippen molar-refractivity contribution >= 4 is 11.8 Å². The molecular formula is C23H22N4OS. The lowest BCUT2D eigenvalue weighted by molar-refractivity contribution is 0.423. The summed E-state index contributed by atoms with van der Waals surface area (Å²) in [6, 6.07) is 17.4. The number of aromatic nitrogens is 4.